The van der Waals surface area contributed by atoms with E-state index in [-0.39, 0.29) is 0 Å². The standard InChI is InChI=1S/C5H8N2O2/c1-5(8,9)7-3-2-6-4-7/h2-4,8-9H,1H3/p+1. The quantitative estimate of drug-likeness (QED) is 0.333. The van der Waals surface area contributed by atoms with Crippen molar-refractivity contribution < 1.29 is 14.8 Å². The predicted octanol–water partition coefficient (Wildman–Crippen LogP) is -1.08. The van der Waals surface area contributed by atoms with Crippen LogP contribution in [0.3, 0.4) is 0 Å². The minimum atomic E-state index is -1.79. The topological polar surface area (TPSA) is 60.1 Å². The van der Waals surface area contributed by atoms with E-state index >= 15 is 0 Å². The minimum Gasteiger partial charge on any atom is -0.330 e. The molecule has 9 heavy (non-hydrogen) atoms. The van der Waals surface area contributed by atoms with Crippen LogP contribution in [0.2, 0.25) is 0 Å². The Morgan fingerprint density at radius 3 is 2.44 bits per heavy atom. The van der Waals surface area contributed by atoms with Gasteiger partial charge < -0.3 is 10.2 Å². The van der Waals surface area contributed by atoms with Gasteiger partial charge in [-0.1, -0.05) is 0 Å². The van der Waals surface area contributed by atoms with Gasteiger partial charge in [0.05, 0.1) is 0 Å². The summed E-state index contributed by atoms with van der Waals surface area (Å²) in [6, 6.07) is 0. The molecule has 1 rings (SSSR count). The fourth-order valence-electron chi connectivity index (χ4n) is 0.553. The second-order valence-electron chi connectivity index (χ2n) is 1.99. The Bertz CT molecular complexity index is 175. The number of nitrogens with zero attached hydrogens (tertiary/aromatic N) is 1. The number of aromatic nitrogens is 2. The molecule has 0 aliphatic carbocycles. The summed E-state index contributed by atoms with van der Waals surface area (Å²) in [7, 11) is 0. The lowest BCUT2D eigenvalue weighted by Crippen LogP contribution is -2.52. The number of H-pyrrole nitrogens is 1. The maximum atomic E-state index is 8.88. The van der Waals surface area contributed by atoms with Gasteiger partial charge in [-0.3, -0.25) is 4.98 Å². The summed E-state index contributed by atoms with van der Waals surface area (Å²) in [5.74, 6) is -1.79. The molecule has 0 aliphatic heterocycles. The SMILES string of the molecule is CC(O)(O)[n+]1cc[nH]c1. The van der Waals surface area contributed by atoms with E-state index < -0.39 is 5.91 Å². The molecule has 1 aromatic heterocycles. The van der Waals surface area contributed by atoms with Gasteiger partial charge in [0, 0.05) is 6.92 Å². The number of aromatic amines is 1. The lowest BCUT2D eigenvalue weighted by Gasteiger charge is -2.09. The summed E-state index contributed by atoms with van der Waals surface area (Å²) in [4.78, 5) is 2.68. The van der Waals surface area contributed by atoms with Gasteiger partial charge in [0.1, 0.15) is 12.4 Å². The molecule has 0 fully saturated rings. The Morgan fingerprint density at radius 1 is 1.56 bits per heavy atom. The first-order chi connectivity index (χ1) is 4.11. The number of rotatable bonds is 1. The molecule has 4 nitrogen and oxygen atoms in total. The largest absolute Gasteiger partial charge is 0.330 e. The molecule has 0 bridgehead atoms. The monoisotopic (exact) mass is 129 g/mol. The van der Waals surface area contributed by atoms with E-state index in [9.17, 15) is 0 Å². The molecule has 0 radical (unpaired) electrons. The molecule has 50 valence electrons. The van der Waals surface area contributed by atoms with Gasteiger partial charge in [0.25, 0.3) is 0 Å². The summed E-state index contributed by atoms with van der Waals surface area (Å²) in [5.41, 5.74) is 0. The highest BCUT2D eigenvalue weighted by atomic mass is 16.5. The molecule has 0 unspecified atom stereocenters. The second kappa shape index (κ2) is 1.82. The zero-order valence-electron chi connectivity index (χ0n) is 5.07. The smallest absolute Gasteiger partial charge is 0.319 e. The van der Waals surface area contributed by atoms with E-state index in [0.717, 1.165) is 0 Å². The molecule has 1 heterocycles. The van der Waals surface area contributed by atoms with Gasteiger partial charge in [-0.15, -0.1) is 0 Å². The molecule has 1 aromatic rings. The lowest BCUT2D eigenvalue weighted by atomic mass is 10.5. The first kappa shape index (κ1) is 6.25. The van der Waals surface area contributed by atoms with Gasteiger partial charge in [0.2, 0.25) is 6.33 Å². The summed E-state index contributed by atoms with van der Waals surface area (Å²) in [5, 5.41) is 17.8. The molecule has 0 aliphatic rings. The van der Waals surface area contributed by atoms with Gasteiger partial charge >= 0.3 is 5.91 Å². The third kappa shape index (κ3) is 1.28. The van der Waals surface area contributed by atoms with Crippen LogP contribution in [0.4, 0.5) is 0 Å². The predicted molar refractivity (Wildman–Crippen MR) is 29.1 cm³/mol. The minimum absolute atomic E-state index is 1.24. The summed E-state index contributed by atoms with van der Waals surface area (Å²) in [6.07, 6.45) is 4.59. The molecular formula is C5H9N2O2+. The number of aliphatic hydroxyl groups is 2. The van der Waals surface area contributed by atoms with Crippen LogP contribution in [0.1, 0.15) is 6.92 Å². The summed E-state index contributed by atoms with van der Waals surface area (Å²) >= 11 is 0. The molecule has 0 amide bonds. The molecule has 0 spiro atoms. The fraction of sp³-hybridized carbons (Fsp3) is 0.400. The van der Waals surface area contributed by atoms with Crippen LogP contribution in [0.15, 0.2) is 18.7 Å². The van der Waals surface area contributed by atoms with Crippen molar-refractivity contribution in [2.24, 2.45) is 0 Å². The van der Waals surface area contributed by atoms with Crippen molar-refractivity contribution in [3.63, 3.8) is 0 Å². The number of imidazole rings is 1. The first-order valence-corrected chi connectivity index (χ1v) is 2.60. The van der Waals surface area contributed by atoms with Crippen molar-refractivity contribution in [3.8, 4) is 0 Å². The summed E-state index contributed by atoms with van der Waals surface area (Å²) < 4.78 is 1.24. The van der Waals surface area contributed by atoms with Crippen molar-refractivity contribution >= 4 is 0 Å². The Morgan fingerprint density at radius 2 is 2.22 bits per heavy atom. The fourth-order valence-corrected chi connectivity index (χ4v) is 0.553. The Kier molecular flexibility index (Phi) is 1.27. The average Bonchev–Trinajstić information content (AvgIpc) is 2.08. The van der Waals surface area contributed by atoms with Gasteiger partial charge in [0.15, 0.2) is 0 Å². The van der Waals surface area contributed by atoms with Gasteiger partial charge in [-0.25, -0.2) is 0 Å². The number of nitrogens with one attached hydrogen (secondary N) is 1. The molecule has 0 atom stereocenters. The van der Waals surface area contributed by atoms with Crippen LogP contribution in [0, 0.1) is 0 Å². The average molecular weight is 129 g/mol. The normalized spacial score (nSPS) is 11.9. The Labute approximate surface area is 52.4 Å². The Hall–Kier alpha value is -0.870. The van der Waals surface area contributed by atoms with Crippen molar-refractivity contribution in [1.29, 1.82) is 0 Å². The van der Waals surface area contributed by atoms with E-state index in [1.807, 2.05) is 0 Å². The maximum absolute atomic E-state index is 8.88. The van der Waals surface area contributed by atoms with Crippen LogP contribution in [-0.2, 0) is 5.91 Å². The van der Waals surface area contributed by atoms with Crippen molar-refractivity contribution in [2.45, 2.75) is 12.8 Å². The molecule has 3 N–H and O–H groups in total. The number of hydrogen-bond donors (Lipinski definition) is 3. The molecule has 0 aromatic carbocycles. The maximum Gasteiger partial charge on any atom is 0.319 e. The van der Waals surface area contributed by atoms with E-state index in [4.69, 9.17) is 10.2 Å². The second-order valence-corrected chi connectivity index (χ2v) is 1.99. The van der Waals surface area contributed by atoms with Crippen LogP contribution >= 0.6 is 0 Å². The third-order valence-electron chi connectivity index (χ3n) is 1.03. The zero-order valence-corrected chi connectivity index (χ0v) is 5.07. The highest BCUT2D eigenvalue weighted by Gasteiger charge is 2.22. The zero-order chi connectivity index (χ0) is 6.91. The molecule has 0 saturated carbocycles. The summed E-state index contributed by atoms with van der Waals surface area (Å²) in [6.45, 7) is 1.28. The highest BCUT2D eigenvalue weighted by molar-refractivity contribution is 4.56. The van der Waals surface area contributed by atoms with E-state index in [0.29, 0.717) is 0 Å². The van der Waals surface area contributed by atoms with Gasteiger partial charge in [-0.2, -0.15) is 4.57 Å². The van der Waals surface area contributed by atoms with Crippen molar-refractivity contribution in [3.05, 3.63) is 18.7 Å². The molecule has 4 heteroatoms. The van der Waals surface area contributed by atoms with Crippen LogP contribution in [0.25, 0.3) is 0 Å². The number of hydrogen-bond acceptors (Lipinski definition) is 2. The van der Waals surface area contributed by atoms with Crippen LogP contribution in [-0.4, -0.2) is 15.2 Å². The van der Waals surface area contributed by atoms with Crippen LogP contribution in [0.5, 0.6) is 0 Å². The first-order valence-electron chi connectivity index (χ1n) is 2.60. The van der Waals surface area contributed by atoms with Gasteiger partial charge in [-0.05, 0) is 0 Å². The van der Waals surface area contributed by atoms with E-state index in [2.05, 4.69) is 4.98 Å². The van der Waals surface area contributed by atoms with E-state index in [1.54, 1.807) is 6.20 Å². The van der Waals surface area contributed by atoms with Crippen LogP contribution < -0.4 is 4.57 Å². The van der Waals surface area contributed by atoms with Crippen molar-refractivity contribution in [2.75, 3.05) is 0 Å². The lowest BCUT2D eigenvalue weighted by molar-refractivity contribution is -0.847. The third-order valence-corrected chi connectivity index (χ3v) is 1.03. The highest BCUT2D eigenvalue weighted by Crippen LogP contribution is 1.91. The Balaban J connectivity index is 2.90. The molecular weight excluding hydrogens is 120 g/mol. The molecule has 0 saturated heterocycles. The van der Waals surface area contributed by atoms with E-state index in [1.165, 1.54) is 24.0 Å². The van der Waals surface area contributed by atoms with Crippen molar-refractivity contribution in [1.82, 2.24) is 4.98 Å².